The first-order valence-electron chi connectivity index (χ1n) is 7.71. The van der Waals surface area contributed by atoms with E-state index in [4.69, 9.17) is 15.1 Å². The zero-order valence-electron chi connectivity index (χ0n) is 13.8. The van der Waals surface area contributed by atoms with Crippen molar-refractivity contribution < 1.29 is 22.3 Å². The second-order valence-electron chi connectivity index (χ2n) is 5.68. The van der Waals surface area contributed by atoms with E-state index in [-0.39, 0.29) is 28.1 Å². The van der Waals surface area contributed by atoms with Crippen molar-refractivity contribution in [3.8, 4) is 16.9 Å². The Bertz CT molecular complexity index is 1020. The van der Waals surface area contributed by atoms with Gasteiger partial charge in [0.05, 0.1) is 17.8 Å². The first-order valence-corrected chi connectivity index (χ1v) is 10.0. The maximum absolute atomic E-state index is 13.4. The molecule has 12 heteroatoms. The lowest BCUT2D eigenvalue weighted by Crippen LogP contribution is -2.46. The summed E-state index contributed by atoms with van der Waals surface area (Å²) in [4.78, 5) is 16.3. The number of ether oxygens (including phenoxy) is 1. The van der Waals surface area contributed by atoms with Gasteiger partial charge in [-0.2, -0.15) is 18.0 Å². The maximum Gasteiger partial charge on any atom is 0.277 e. The van der Waals surface area contributed by atoms with E-state index < -0.39 is 28.0 Å². The number of nitrogens with two attached hydrogens (primary N) is 1. The number of anilines is 1. The number of nitrogens with one attached hydrogen (secondary N) is 1. The molecule has 0 spiro atoms. The lowest BCUT2D eigenvalue weighted by Gasteiger charge is -2.20. The SMILES string of the molecule is N#Cc1cc(F)cc(Oc2cnc(NC(=O)[C@H]3CCCN3S(N)(=O)=O)s2)c1. The highest BCUT2D eigenvalue weighted by molar-refractivity contribution is 7.86. The van der Waals surface area contributed by atoms with Crippen molar-refractivity contribution in [2.45, 2.75) is 18.9 Å². The van der Waals surface area contributed by atoms with E-state index in [9.17, 15) is 17.6 Å². The third-order valence-corrected chi connectivity index (χ3v) is 5.65. The van der Waals surface area contributed by atoms with Gasteiger partial charge in [0.15, 0.2) is 5.13 Å². The normalized spacial score (nSPS) is 17.4. The Morgan fingerprint density at radius 3 is 2.96 bits per heavy atom. The third kappa shape index (κ3) is 4.58. The molecule has 9 nitrogen and oxygen atoms in total. The van der Waals surface area contributed by atoms with Crippen molar-refractivity contribution in [2.75, 3.05) is 11.9 Å². The molecule has 1 aromatic heterocycles. The van der Waals surface area contributed by atoms with Crippen LogP contribution < -0.4 is 15.2 Å². The van der Waals surface area contributed by atoms with Gasteiger partial charge in [-0.15, -0.1) is 0 Å². The predicted molar refractivity (Wildman–Crippen MR) is 94.8 cm³/mol. The van der Waals surface area contributed by atoms with Crippen LogP contribution in [0.2, 0.25) is 0 Å². The standard InChI is InChI=1S/C15H14FN5O4S2/c16-10-4-9(7-17)5-11(6-10)25-13-8-19-15(26-13)20-14(22)12-2-1-3-21(12)27(18,23)24/h4-6,8,12H,1-3H2,(H2,18,23,24)(H,19,20,22)/t12-/m1/s1. The zero-order valence-corrected chi connectivity index (χ0v) is 15.4. The highest BCUT2D eigenvalue weighted by atomic mass is 32.2. The number of carbonyl (C=O) groups excluding carboxylic acids is 1. The number of amides is 1. The molecule has 0 saturated carbocycles. The van der Waals surface area contributed by atoms with Crippen molar-refractivity contribution in [1.29, 1.82) is 5.26 Å². The fraction of sp³-hybridized carbons (Fsp3) is 0.267. The predicted octanol–water partition coefficient (Wildman–Crippen LogP) is 1.55. The van der Waals surface area contributed by atoms with Gasteiger partial charge < -0.3 is 10.1 Å². The lowest BCUT2D eigenvalue weighted by molar-refractivity contribution is -0.119. The lowest BCUT2D eigenvalue weighted by atomic mass is 10.2. The molecular formula is C15H14FN5O4S2. The Labute approximate surface area is 158 Å². The Hall–Kier alpha value is -2.59. The molecule has 0 bridgehead atoms. The number of thiazole rings is 1. The second kappa shape index (κ2) is 7.57. The molecule has 2 heterocycles. The minimum atomic E-state index is -3.97. The fourth-order valence-electron chi connectivity index (χ4n) is 2.66. The molecule has 1 atom stereocenters. The molecule has 1 aromatic carbocycles. The summed E-state index contributed by atoms with van der Waals surface area (Å²) in [7, 11) is -3.97. The summed E-state index contributed by atoms with van der Waals surface area (Å²) < 4.78 is 42.9. The van der Waals surface area contributed by atoms with Crippen molar-refractivity contribution in [3.63, 3.8) is 0 Å². The summed E-state index contributed by atoms with van der Waals surface area (Å²) in [6.07, 6.45) is 2.21. The largest absolute Gasteiger partial charge is 0.445 e. The van der Waals surface area contributed by atoms with Crippen LogP contribution in [0.15, 0.2) is 24.4 Å². The fourth-order valence-corrected chi connectivity index (χ4v) is 4.29. The summed E-state index contributed by atoms with van der Waals surface area (Å²) in [5.74, 6) is -1.05. The van der Waals surface area contributed by atoms with Gasteiger partial charge in [0.1, 0.15) is 17.6 Å². The van der Waals surface area contributed by atoms with Crippen LogP contribution >= 0.6 is 11.3 Å². The van der Waals surface area contributed by atoms with E-state index in [2.05, 4.69) is 10.3 Å². The number of halogens is 1. The van der Waals surface area contributed by atoms with Gasteiger partial charge in [-0.1, -0.05) is 11.3 Å². The summed E-state index contributed by atoms with van der Waals surface area (Å²) >= 11 is 0.973. The Morgan fingerprint density at radius 2 is 2.26 bits per heavy atom. The number of nitriles is 1. The van der Waals surface area contributed by atoms with Crippen LogP contribution in [0.25, 0.3) is 0 Å². The molecule has 3 rings (SSSR count). The first-order chi connectivity index (χ1) is 12.8. The number of benzene rings is 1. The highest BCUT2D eigenvalue weighted by Crippen LogP contribution is 2.31. The van der Waals surface area contributed by atoms with E-state index >= 15 is 0 Å². The van der Waals surface area contributed by atoms with Gasteiger partial charge in [0.25, 0.3) is 10.2 Å². The molecule has 27 heavy (non-hydrogen) atoms. The molecule has 1 saturated heterocycles. The third-order valence-electron chi connectivity index (χ3n) is 3.77. The van der Waals surface area contributed by atoms with E-state index in [1.165, 1.54) is 12.3 Å². The van der Waals surface area contributed by atoms with E-state index in [0.717, 1.165) is 27.8 Å². The van der Waals surface area contributed by atoms with Crippen LogP contribution in [-0.2, 0) is 15.0 Å². The first kappa shape index (κ1) is 19.2. The Kier molecular flexibility index (Phi) is 5.38. The molecule has 0 unspecified atom stereocenters. The monoisotopic (exact) mass is 411 g/mol. The highest BCUT2D eigenvalue weighted by Gasteiger charge is 2.37. The molecule has 0 aliphatic carbocycles. The molecule has 1 aliphatic rings. The molecule has 142 valence electrons. The van der Waals surface area contributed by atoms with Gasteiger partial charge in [-0.3, -0.25) is 4.79 Å². The summed E-state index contributed by atoms with van der Waals surface area (Å²) in [6, 6.07) is 4.48. The second-order valence-corrected chi connectivity index (χ2v) is 8.17. The molecule has 1 aliphatic heterocycles. The minimum absolute atomic E-state index is 0.104. The molecule has 1 amide bonds. The number of carbonyl (C=O) groups is 1. The van der Waals surface area contributed by atoms with Crippen LogP contribution in [0.5, 0.6) is 10.8 Å². The molecule has 1 fully saturated rings. The average molecular weight is 411 g/mol. The van der Waals surface area contributed by atoms with Crippen molar-refractivity contribution in [1.82, 2.24) is 9.29 Å². The van der Waals surface area contributed by atoms with Crippen molar-refractivity contribution in [3.05, 3.63) is 35.8 Å². The van der Waals surface area contributed by atoms with Crippen LogP contribution in [-0.4, -0.2) is 36.2 Å². The number of aromatic nitrogens is 1. The molecule has 0 radical (unpaired) electrons. The van der Waals surface area contributed by atoms with Crippen LogP contribution in [0.3, 0.4) is 0 Å². The summed E-state index contributed by atoms with van der Waals surface area (Å²) in [6.45, 7) is 0.184. The van der Waals surface area contributed by atoms with Crippen LogP contribution in [0.1, 0.15) is 18.4 Å². The maximum atomic E-state index is 13.4. The minimum Gasteiger partial charge on any atom is -0.445 e. The Morgan fingerprint density at radius 1 is 1.48 bits per heavy atom. The number of rotatable bonds is 5. The average Bonchev–Trinajstić information content (AvgIpc) is 3.23. The molecule has 3 N–H and O–H groups in total. The van der Waals surface area contributed by atoms with E-state index in [1.54, 1.807) is 0 Å². The number of nitrogens with zero attached hydrogens (tertiary/aromatic N) is 3. The van der Waals surface area contributed by atoms with Gasteiger partial charge in [-0.05, 0) is 25.0 Å². The van der Waals surface area contributed by atoms with Gasteiger partial charge in [-0.25, -0.2) is 14.5 Å². The topological polar surface area (TPSA) is 138 Å². The number of hydrogen-bond acceptors (Lipinski definition) is 7. The summed E-state index contributed by atoms with van der Waals surface area (Å²) in [5, 5.41) is 16.9. The van der Waals surface area contributed by atoms with E-state index in [0.29, 0.717) is 12.8 Å². The number of hydrogen-bond donors (Lipinski definition) is 2. The van der Waals surface area contributed by atoms with Gasteiger partial charge >= 0.3 is 0 Å². The molecule has 2 aromatic rings. The smallest absolute Gasteiger partial charge is 0.277 e. The van der Waals surface area contributed by atoms with Gasteiger partial charge in [0.2, 0.25) is 11.0 Å². The zero-order chi connectivity index (χ0) is 19.6. The molecular weight excluding hydrogens is 397 g/mol. The van der Waals surface area contributed by atoms with Crippen molar-refractivity contribution >= 4 is 32.6 Å². The van der Waals surface area contributed by atoms with E-state index in [1.807, 2.05) is 6.07 Å². The van der Waals surface area contributed by atoms with Crippen LogP contribution in [0.4, 0.5) is 9.52 Å². The van der Waals surface area contributed by atoms with Gasteiger partial charge in [0, 0.05) is 12.6 Å². The Balaban J connectivity index is 1.69. The summed E-state index contributed by atoms with van der Waals surface area (Å²) in [5.41, 5.74) is 0.104. The quantitative estimate of drug-likeness (QED) is 0.765. The van der Waals surface area contributed by atoms with Crippen molar-refractivity contribution in [2.24, 2.45) is 5.14 Å². The van der Waals surface area contributed by atoms with Crippen LogP contribution in [0, 0.1) is 17.1 Å².